The number of anilines is 1. The van der Waals surface area contributed by atoms with Gasteiger partial charge in [0.1, 0.15) is 28.8 Å². The standard InChI is InChI=1S/C19H19Cl3N6O/c1-10(29)27(9-19(2,3)4)18-14(15-13(21)5-12(20)8-24-15)16(22)26-17-11(6-23)7-25-28(17)18/h5,7-8,10,29H,9H2,1-4H3/t10-/m0/s1. The third-order valence-corrected chi connectivity index (χ3v) is 4.88. The number of rotatable bonds is 4. The summed E-state index contributed by atoms with van der Waals surface area (Å²) in [7, 11) is 0. The van der Waals surface area contributed by atoms with Crippen LogP contribution < -0.4 is 4.90 Å². The van der Waals surface area contributed by atoms with E-state index in [9.17, 15) is 10.4 Å². The fraction of sp³-hybridized carbons (Fsp3) is 0.368. The summed E-state index contributed by atoms with van der Waals surface area (Å²) in [6.45, 7) is 8.22. The Morgan fingerprint density at radius 2 is 1.97 bits per heavy atom. The molecule has 3 aromatic rings. The summed E-state index contributed by atoms with van der Waals surface area (Å²) in [6.07, 6.45) is 1.96. The molecule has 0 aliphatic rings. The number of halogens is 3. The van der Waals surface area contributed by atoms with Gasteiger partial charge in [0, 0.05) is 12.7 Å². The number of aliphatic hydroxyl groups excluding tert-OH is 1. The predicted molar refractivity (Wildman–Crippen MR) is 114 cm³/mol. The van der Waals surface area contributed by atoms with Crippen LogP contribution in [0.5, 0.6) is 0 Å². The first-order valence-electron chi connectivity index (χ1n) is 8.77. The molecule has 0 bridgehead atoms. The van der Waals surface area contributed by atoms with E-state index in [1.54, 1.807) is 17.9 Å². The average molecular weight is 454 g/mol. The number of fused-ring (bicyclic) bond motifs is 1. The topological polar surface area (TPSA) is 90.3 Å². The van der Waals surface area contributed by atoms with Crippen LogP contribution in [-0.2, 0) is 0 Å². The maximum absolute atomic E-state index is 10.6. The monoisotopic (exact) mass is 452 g/mol. The van der Waals surface area contributed by atoms with Gasteiger partial charge in [-0.3, -0.25) is 4.98 Å². The molecule has 7 nitrogen and oxygen atoms in total. The number of pyridine rings is 1. The maximum atomic E-state index is 10.6. The third kappa shape index (κ3) is 4.26. The molecule has 0 fully saturated rings. The van der Waals surface area contributed by atoms with Crippen molar-refractivity contribution in [3.05, 3.63) is 39.2 Å². The van der Waals surface area contributed by atoms with Crippen LogP contribution in [0.4, 0.5) is 5.82 Å². The van der Waals surface area contributed by atoms with E-state index in [2.05, 4.69) is 21.1 Å². The van der Waals surface area contributed by atoms with E-state index < -0.39 is 6.23 Å². The van der Waals surface area contributed by atoms with Crippen LogP contribution in [0.1, 0.15) is 33.3 Å². The molecule has 0 unspecified atom stereocenters. The van der Waals surface area contributed by atoms with Crippen molar-refractivity contribution in [3.63, 3.8) is 0 Å². The summed E-state index contributed by atoms with van der Waals surface area (Å²) in [5.74, 6) is 0.433. The second kappa shape index (κ2) is 7.96. The van der Waals surface area contributed by atoms with Gasteiger partial charge in [0.05, 0.1) is 27.5 Å². The normalized spacial score (nSPS) is 12.8. The van der Waals surface area contributed by atoms with Gasteiger partial charge in [0.15, 0.2) is 5.65 Å². The van der Waals surface area contributed by atoms with Crippen molar-refractivity contribution in [2.75, 3.05) is 11.4 Å². The van der Waals surface area contributed by atoms with E-state index in [-0.39, 0.29) is 26.8 Å². The van der Waals surface area contributed by atoms with Crippen LogP contribution in [0.25, 0.3) is 16.9 Å². The Kier molecular flexibility index (Phi) is 5.93. The molecule has 1 N–H and O–H groups in total. The smallest absolute Gasteiger partial charge is 0.176 e. The van der Waals surface area contributed by atoms with E-state index in [4.69, 9.17) is 34.8 Å². The quantitative estimate of drug-likeness (QED) is 0.450. The highest BCUT2D eigenvalue weighted by Gasteiger charge is 2.30. The SMILES string of the molecule is C[C@H](O)N(CC(C)(C)C)c1c(-c2ncc(Cl)cc2Cl)c(Cl)nc2c(C#N)cnn12. The fourth-order valence-corrected chi connectivity index (χ4v) is 3.72. The van der Waals surface area contributed by atoms with Crippen molar-refractivity contribution < 1.29 is 5.11 Å². The van der Waals surface area contributed by atoms with Crippen LogP contribution >= 0.6 is 34.8 Å². The van der Waals surface area contributed by atoms with Crippen molar-refractivity contribution >= 4 is 46.3 Å². The van der Waals surface area contributed by atoms with Gasteiger partial charge in [-0.15, -0.1) is 0 Å². The van der Waals surface area contributed by atoms with Crippen molar-refractivity contribution in [2.24, 2.45) is 5.41 Å². The lowest BCUT2D eigenvalue weighted by Crippen LogP contribution is -2.41. The number of nitriles is 1. The van der Waals surface area contributed by atoms with Crippen molar-refractivity contribution in [2.45, 2.75) is 33.9 Å². The van der Waals surface area contributed by atoms with Gasteiger partial charge in [-0.05, 0) is 18.4 Å². The minimum atomic E-state index is -0.893. The molecule has 3 rings (SSSR count). The van der Waals surface area contributed by atoms with Crippen LogP contribution in [0.15, 0.2) is 18.5 Å². The zero-order valence-corrected chi connectivity index (χ0v) is 18.5. The van der Waals surface area contributed by atoms with Crippen LogP contribution in [0.2, 0.25) is 15.2 Å². The first kappa shape index (κ1) is 21.6. The van der Waals surface area contributed by atoms with Crippen molar-refractivity contribution in [3.8, 4) is 17.3 Å². The van der Waals surface area contributed by atoms with E-state index in [1.165, 1.54) is 16.9 Å². The van der Waals surface area contributed by atoms with E-state index in [0.29, 0.717) is 28.6 Å². The minimum Gasteiger partial charge on any atom is -0.374 e. The molecule has 3 aromatic heterocycles. The summed E-state index contributed by atoms with van der Waals surface area (Å²) in [4.78, 5) is 10.4. The molecule has 0 saturated carbocycles. The Hall–Kier alpha value is -2.11. The van der Waals surface area contributed by atoms with Gasteiger partial charge in [-0.25, -0.2) is 4.98 Å². The van der Waals surface area contributed by atoms with Gasteiger partial charge < -0.3 is 10.0 Å². The van der Waals surface area contributed by atoms with Gasteiger partial charge in [0.25, 0.3) is 0 Å². The third-order valence-electron chi connectivity index (χ3n) is 4.11. The summed E-state index contributed by atoms with van der Waals surface area (Å²) in [5.41, 5.74) is 1.09. The van der Waals surface area contributed by atoms with Crippen LogP contribution in [0.3, 0.4) is 0 Å². The number of aliphatic hydroxyl groups is 1. The van der Waals surface area contributed by atoms with Crippen molar-refractivity contribution in [1.82, 2.24) is 19.6 Å². The molecule has 10 heteroatoms. The molecular weight excluding hydrogens is 435 g/mol. The molecule has 0 saturated heterocycles. The first-order valence-corrected chi connectivity index (χ1v) is 9.90. The zero-order valence-electron chi connectivity index (χ0n) is 16.3. The fourth-order valence-electron chi connectivity index (χ4n) is 2.99. The minimum absolute atomic E-state index is 0.0841. The molecule has 0 aromatic carbocycles. The Bertz CT molecular complexity index is 1110. The molecule has 152 valence electrons. The number of aromatic nitrogens is 4. The molecule has 0 amide bonds. The highest BCUT2D eigenvalue weighted by Crippen LogP contribution is 2.41. The molecule has 0 aliphatic carbocycles. The van der Waals surface area contributed by atoms with Crippen LogP contribution in [0, 0.1) is 16.7 Å². The molecule has 1 atom stereocenters. The Morgan fingerprint density at radius 3 is 2.52 bits per heavy atom. The highest BCUT2D eigenvalue weighted by molar-refractivity contribution is 6.37. The van der Waals surface area contributed by atoms with E-state index in [1.807, 2.05) is 20.8 Å². The lowest BCUT2D eigenvalue weighted by Gasteiger charge is -2.35. The summed E-state index contributed by atoms with van der Waals surface area (Å²) < 4.78 is 1.48. The van der Waals surface area contributed by atoms with Gasteiger partial charge in [-0.2, -0.15) is 14.9 Å². The average Bonchev–Trinajstić information content (AvgIpc) is 3.01. The lowest BCUT2D eigenvalue weighted by atomic mass is 9.95. The highest BCUT2D eigenvalue weighted by atomic mass is 35.5. The van der Waals surface area contributed by atoms with Gasteiger partial charge >= 0.3 is 0 Å². The van der Waals surface area contributed by atoms with Gasteiger partial charge in [0.2, 0.25) is 0 Å². The second-order valence-electron chi connectivity index (χ2n) is 7.81. The van der Waals surface area contributed by atoms with E-state index in [0.717, 1.165) is 0 Å². The second-order valence-corrected chi connectivity index (χ2v) is 9.01. The number of hydrogen-bond donors (Lipinski definition) is 1. The zero-order chi connectivity index (χ0) is 21.5. The summed E-state index contributed by atoms with van der Waals surface area (Å²) in [5, 5.41) is 25.1. The molecular formula is C19H19Cl3N6O. The maximum Gasteiger partial charge on any atom is 0.176 e. The Balaban J connectivity index is 2.43. The Labute approximate surface area is 183 Å². The summed E-state index contributed by atoms with van der Waals surface area (Å²) in [6, 6.07) is 3.61. The number of nitrogens with zero attached hydrogens (tertiary/aromatic N) is 6. The number of hydrogen-bond acceptors (Lipinski definition) is 6. The van der Waals surface area contributed by atoms with Crippen LogP contribution in [-0.4, -0.2) is 37.5 Å². The van der Waals surface area contributed by atoms with E-state index >= 15 is 0 Å². The van der Waals surface area contributed by atoms with Gasteiger partial charge in [-0.1, -0.05) is 55.6 Å². The first-order chi connectivity index (χ1) is 13.5. The molecule has 0 spiro atoms. The summed E-state index contributed by atoms with van der Waals surface area (Å²) >= 11 is 19.0. The molecule has 29 heavy (non-hydrogen) atoms. The largest absolute Gasteiger partial charge is 0.374 e. The lowest BCUT2D eigenvalue weighted by molar-refractivity contribution is 0.174. The molecule has 3 heterocycles. The molecule has 0 radical (unpaired) electrons. The molecule has 0 aliphatic heterocycles. The van der Waals surface area contributed by atoms with Crippen molar-refractivity contribution in [1.29, 1.82) is 5.26 Å². The Morgan fingerprint density at radius 1 is 1.28 bits per heavy atom. The predicted octanol–water partition coefficient (Wildman–Crippen LogP) is 4.81.